The smallest absolute Gasteiger partial charge is 0.0346 e. The van der Waals surface area contributed by atoms with E-state index in [2.05, 4.69) is 41.9 Å². The Morgan fingerprint density at radius 2 is 2.12 bits per heavy atom. The lowest BCUT2D eigenvalue weighted by Crippen LogP contribution is -2.21. The van der Waals surface area contributed by atoms with Crippen molar-refractivity contribution in [2.45, 2.75) is 26.3 Å². The first-order valence-corrected chi connectivity index (χ1v) is 6.81. The molecule has 1 saturated carbocycles. The highest BCUT2D eigenvalue weighted by atomic mass is 32.1. The van der Waals surface area contributed by atoms with E-state index in [1.165, 1.54) is 28.5 Å². The summed E-state index contributed by atoms with van der Waals surface area (Å²) >= 11 is 1.85. The summed E-state index contributed by atoms with van der Waals surface area (Å²) in [7, 11) is 0. The summed E-state index contributed by atoms with van der Waals surface area (Å²) < 4.78 is 1.40. The highest BCUT2D eigenvalue weighted by Gasteiger charge is 2.36. The molecule has 16 heavy (non-hydrogen) atoms. The molecule has 0 spiro atoms. The second-order valence-electron chi connectivity index (χ2n) is 5.17. The molecule has 0 saturated heterocycles. The Morgan fingerprint density at radius 1 is 1.31 bits per heavy atom. The van der Waals surface area contributed by atoms with Gasteiger partial charge in [0.2, 0.25) is 0 Å². The summed E-state index contributed by atoms with van der Waals surface area (Å²) in [6.07, 6.45) is 2.79. The van der Waals surface area contributed by atoms with Crippen molar-refractivity contribution in [3.8, 4) is 0 Å². The van der Waals surface area contributed by atoms with Gasteiger partial charge in [0.1, 0.15) is 0 Å². The molecule has 1 aliphatic carbocycles. The number of hydrogen-bond acceptors (Lipinski definition) is 2. The van der Waals surface area contributed by atoms with Gasteiger partial charge in [-0.25, -0.2) is 0 Å². The maximum Gasteiger partial charge on any atom is 0.0346 e. The topological polar surface area (TPSA) is 12.0 Å². The maximum absolute atomic E-state index is 3.59. The van der Waals surface area contributed by atoms with Gasteiger partial charge in [-0.15, -0.1) is 11.3 Å². The second kappa shape index (κ2) is 3.86. The molecule has 1 nitrogen and oxygen atoms in total. The van der Waals surface area contributed by atoms with Crippen LogP contribution in [0.2, 0.25) is 0 Å². The fourth-order valence-corrected chi connectivity index (χ4v) is 3.02. The van der Waals surface area contributed by atoms with Gasteiger partial charge in [-0.05, 0) is 40.7 Å². The van der Waals surface area contributed by atoms with Crippen LogP contribution in [0.25, 0.3) is 10.1 Å². The molecule has 1 aromatic carbocycles. The average molecular weight is 231 g/mol. The van der Waals surface area contributed by atoms with Gasteiger partial charge in [0, 0.05) is 17.8 Å². The van der Waals surface area contributed by atoms with Crippen molar-refractivity contribution in [3.63, 3.8) is 0 Å². The summed E-state index contributed by atoms with van der Waals surface area (Å²) in [6, 6.07) is 8.66. The Kier molecular flexibility index (Phi) is 2.49. The predicted molar refractivity (Wildman–Crippen MR) is 70.9 cm³/mol. The molecular formula is C14H17NS. The SMILES string of the molecule is CC1(CNCc2csc3ccccc23)CC1. The van der Waals surface area contributed by atoms with Gasteiger partial charge < -0.3 is 5.32 Å². The van der Waals surface area contributed by atoms with Gasteiger partial charge in [-0.1, -0.05) is 25.1 Å². The lowest BCUT2D eigenvalue weighted by molar-refractivity contribution is 0.500. The molecule has 1 aromatic heterocycles. The number of benzene rings is 1. The third kappa shape index (κ3) is 2.00. The molecule has 1 N–H and O–H groups in total. The molecule has 0 amide bonds. The van der Waals surface area contributed by atoms with Crippen molar-refractivity contribution in [2.24, 2.45) is 5.41 Å². The fourth-order valence-electron chi connectivity index (χ4n) is 2.06. The van der Waals surface area contributed by atoms with E-state index in [4.69, 9.17) is 0 Å². The zero-order valence-electron chi connectivity index (χ0n) is 9.62. The highest BCUT2D eigenvalue weighted by molar-refractivity contribution is 7.17. The van der Waals surface area contributed by atoms with E-state index in [1.54, 1.807) is 0 Å². The Labute approximate surface area is 100 Å². The van der Waals surface area contributed by atoms with Crippen molar-refractivity contribution < 1.29 is 0 Å². The Hall–Kier alpha value is -0.860. The van der Waals surface area contributed by atoms with Crippen LogP contribution >= 0.6 is 11.3 Å². The minimum absolute atomic E-state index is 0.603. The summed E-state index contributed by atoms with van der Waals surface area (Å²) in [5.41, 5.74) is 2.05. The van der Waals surface area contributed by atoms with Crippen molar-refractivity contribution in [2.75, 3.05) is 6.54 Å². The zero-order valence-corrected chi connectivity index (χ0v) is 10.4. The lowest BCUT2D eigenvalue weighted by atomic mass is 10.1. The average Bonchev–Trinajstić information content (AvgIpc) is 2.89. The molecule has 0 bridgehead atoms. The lowest BCUT2D eigenvalue weighted by Gasteiger charge is -2.09. The minimum Gasteiger partial charge on any atom is -0.312 e. The summed E-state index contributed by atoms with van der Waals surface area (Å²) in [6.45, 7) is 4.54. The van der Waals surface area contributed by atoms with Crippen LogP contribution in [-0.4, -0.2) is 6.54 Å². The van der Waals surface area contributed by atoms with E-state index in [-0.39, 0.29) is 0 Å². The number of thiophene rings is 1. The van der Waals surface area contributed by atoms with Crippen LogP contribution < -0.4 is 5.32 Å². The van der Waals surface area contributed by atoms with Gasteiger partial charge in [0.25, 0.3) is 0 Å². The van der Waals surface area contributed by atoms with Crippen LogP contribution in [0.1, 0.15) is 25.3 Å². The monoisotopic (exact) mass is 231 g/mol. The van der Waals surface area contributed by atoms with E-state index in [1.807, 2.05) is 11.3 Å². The summed E-state index contributed by atoms with van der Waals surface area (Å²) in [4.78, 5) is 0. The van der Waals surface area contributed by atoms with Crippen LogP contribution in [0, 0.1) is 5.41 Å². The molecule has 0 unspecified atom stereocenters. The largest absolute Gasteiger partial charge is 0.312 e. The van der Waals surface area contributed by atoms with Gasteiger partial charge in [0.15, 0.2) is 0 Å². The standard InChI is InChI=1S/C14H17NS/c1-14(6-7-14)10-15-8-11-9-16-13-5-3-2-4-12(11)13/h2-5,9,15H,6-8,10H2,1H3. The molecule has 3 rings (SSSR count). The molecule has 1 heterocycles. The van der Waals surface area contributed by atoms with Crippen molar-refractivity contribution in [1.82, 2.24) is 5.32 Å². The Morgan fingerprint density at radius 3 is 2.94 bits per heavy atom. The third-order valence-electron chi connectivity index (χ3n) is 3.53. The van der Waals surface area contributed by atoms with E-state index >= 15 is 0 Å². The van der Waals surface area contributed by atoms with Crippen LogP contribution in [0.15, 0.2) is 29.6 Å². The molecule has 1 aliphatic rings. The van der Waals surface area contributed by atoms with Crippen LogP contribution in [0.3, 0.4) is 0 Å². The van der Waals surface area contributed by atoms with Gasteiger partial charge >= 0.3 is 0 Å². The number of hydrogen-bond donors (Lipinski definition) is 1. The Balaban J connectivity index is 1.69. The number of fused-ring (bicyclic) bond motifs is 1. The maximum atomic E-state index is 3.59. The van der Waals surface area contributed by atoms with Gasteiger partial charge in [-0.3, -0.25) is 0 Å². The Bertz CT molecular complexity index is 496. The first-order valence-electron chi connectivity index (χ1n) is 5.93. The fraction of sp³-hybridized carbons (Fsp3) is 0.429. The first-order chi connectivity index (χ1) is 7.77. The highest BCUT2D eigenvalue weighted by Crippen LogP contribution is 2.44. The van der Waals surface area contributed by atoms with Crippen molar-refractivity contribution in [3.05, 3.63) is 35.2 Å². The quantitative estimate of drug-likeness (QED) is 0.844. The number of nitrogens with one attached hydrogen (secondary N) is 1. The molecular weight excluding hydrogens is 214 g/mol. The van der Waals surface area contributed by atoms with Gasteiger partial charge in [-0.2, -0.15) is 0 Å². The minimum atomic E-state index is 0.603. The first kappa shape index (κ1) is 10.3. The van der Waals surface area contributed by atoms with Crippen LogP contribution in [0.4, 0.5) is 0 Å². The third-order valence-corrected chi connectivity index (χ3v) is 4.54. The summed E-state index contributed by atoms with van der Waals surface area (Å²) in [5.74, 6) is 0. The predicted octanol–water partition coefficient (Wildman–Crippen LogP) is 3.79. The van der Waals surface area contributed by atoms with E-state index in [0.717, 1.165) is 13.1 Å². The molecule has 2 aromatic rings. The van der Waals surface area contributed by atoms with E-state index < -0.39 is 0 Å². The van der Waals surface area contributed by atoms with Crippen LogP contribution in [0.5, 0.6) is 0 Å². The van der Waals surface area contributed by atoms with Gasteiger partial charge in [0.05, 0.1) is 0 Å². The molecule has 1 fully saturated rings. The second-order valence-corrected chi connectivity index (χ2v) is 6.08. The van der Waals surface area contributed by atoms with Crippen molar-refractivity contribution in [1.29, 1.82) is 0 Å². The van der Waals surface area contributed by atoms with E-state index in [9.17, 15) is 0 Å². The number of rotatable bonds is 4. The summed E-state index contributed by atoms with van der Waals surface area (Å²) in [5, 5.41) is 7.29. The van der Waals surface area contributed by atoms with E-state index in [0.29, 0.717) is 5.41 Å². The van der Waals surface area contributed by atoms with Crippen LogP contribution in [-0.2, 0) is 6.54 Å². The molecule has 84 valence electrons. The zero-order chi connectivity index (χ0) is 11.0. The molecule has 2 heteroatoms. The normalized spacial score (nSPS) is 17.8. The molecule has 0 aliphatic heterocycles. The molecule has 0 radical (unpaired) electrons. The van der Waals surface area contributed by atoms with Crippen molar-refractivity contribution >= 4 is 21.4 Å². The molecule has 0 atom stereocenters.